The second kappa shape index (κ2) is 6.16. The van der Waals surface area contributed by atoms with Gasteiger partial charge in [0.25, 0.3) is 5.56 Å². The largest absolute Gasteiger partial charge is 0.326 e. The van der Waals surface area contributed by atoms with E-state index in [9.17, 15) is 9.59 Å². The van der Waals surface area contributed by atoms with E-state index in [2.05, 4.69) is 42.2 Å². The molecular weight excluding hydrogens is 376 g/mol. The summed E-state index contributed by atoms with van der Waals surface area (Å²) < 4.78 is 1.66. The average Bonchev–Trinajstić information content (AvgIpc) is 2.37. The molecule has 2 rings (SSSR count). The van der Waals surface area contributed by atoms with Crippen LogP contribution in [0.25, 0.3) is 0 Å². The van der Waals surface area contributed by atoms with Gasteiger partial charge in [-0.1, -0.05) is 28.1 Å². The number of H-pyrrole nitrogens is 1. The summed E-state index contributed by atoms with van der Waals surface area (Å²) in [7, 11) is 0. The molecule has 4 nitrogen and oxygen atoms in total. The van der Waals surface area contributed by atoms with Gasteiger partial charge >= 0.3 is 0 Å². The molecule has 6 heteroatoms. The Bertz CT molecular complexity index is 650. The van der Waals surface area contributed by atoms with E-state index < -0.39 is 0 Å². The van der Waals surface area contributed by atoms with Crippen molar-refractivity contribution in [3.05, 3.63) is 61.4 Å². The summed E-state index contributed by atoms with van der Waals surface area (Å²) in [6, 6.07) is 9.02. The standard InChI is InChI=1S/C13H10Br2N2O2/c14-9-3-1-8(2-4-9)5-12(18)17-11-6-10(15)7-16-13(11)19/h1-4,6-7H,5H2,(H,16,19)(H,17,18). The highest BCUT2D eigenvalue weighted by atomic mass is 79.9. The fourth-order valence-electron chi connectivity index (χ4n) is 1.53. The zero-order chi connectivity index (χ0) is 13.8. The number of carbonyl (C=O) groups is 1. The number of hydrogen-bond donors (Lipinski definition) is 2. The van der Waals surface area contributed by atoms with Crippen LogP contribution in [-0.4, -0.2) is 10.9 Å². The highest BCUT2D eigenvalue weighted by Gasteiger charge is 2.07. The zero-order valence-electron chi connectivity index (χ0n) is 9.74. The van der Waals surface area contributed by atoms with Gasteiger partial charge in [0.15, 0.2) is 0 Å². The third-order valence-corrected chi connectivity index (χ3v) is 3.41. The van der Waals surface area contributed by atoms with Gasteiger partial charge in [0, 0.05) is 15.1 Å². The monoisotopic (exact) mass is 384 g/mol. The first kappa shape index (κ1) is 14.0. The first-order valence-electron chi connectivity index (χ1n) is 5.47. The molecule has 98 valence electrons. The predicted molar refractivity (Wildman–Crippen MR) is 81.2 cm³/mol. The topological polar surface area (TPSA) is 62.0 Å². The molecule has 2 aromatic rings. The number of benzene rings is 1. The van der Waals surface area contributed by atoms with Crippen LogP contribution in [-0.2, 0) is 11.2 Å². The lowest BCUT2D eigenvalue weighted by atomic mass is 10.1. The molecule has 0 bridgehead atoms. The van der Waals surface area contributed by atoms with Gasteiger partial charge in [-0.25, -0.2) is 0 Å². The highest BCUT2D eigenvalue weighted by molar-refractivity contribution is 9.10. The quantitative estimate of drug-likeness (QED) is 0.852. The molecule has 1 amide bonds. The third-order valence-electron chi connectivity index (χ3n) is 2.42. The maximum atomic E-state index is 11.8. The smallest absolute Gasteiger partial charge is 0.271 e. The van der Waals surface area contributed by atoms with Gasteiger partial charge in [-0.15, -0.1) is 0 Å². The van der Waals surface area contributed by atoms with Crippen LogP contribution in [0.3, 0.4) is 0 Å². The molecule has 0 saturated heterocycles. The van der Waals surface area contributed by atoms with Crippen LogP contribution in [0.2, 0.25) is 0 Å². The molecule has 0 unspecified atom stereocenters. The van der Waals surface area contributed by atoms with Gasteiger partial charge in [0.2, 0.25) is 5.91 Å². The van der Waals surface area contributed by atoms with E-state index >= 15 is 0 Å². The van der Waals surface area contributed by atoms with Crippen molar-refractivity contribution in [2.45, 2.75) is 6.42 Å². The normalized spacial score (nSPS) is 10.2. The Morgan fingerprint density at radius 2 is 1.84 bits per heavy atom. The van der Waals surface area contributed by atoms with E-state index in [1.165, 1.54) is 6.20 Å². The Morgan fingerprint density at radius 3 is 2.53 bits per heavy atom. The summed E-state index contributed by atoms with van der Waals surface area (Å²) >= 11 is 6.57. The minimum absolute atomic E-state index is 0.221. The van der Waals surface area contributed by atoms with Crippen LogP contribution in [0.5, 0.6) is 0 Å². The fraction of sp³-hybridized carbons (Fsp3) is 0.0769. The van der Waals surface area contributed by atoms with Gasteiger partial charge in [-0.2, -0.15) is 0 Å². The highest BCUT2D eigenvalue weighted by Crippen LogP contribution is 2.13. The summed E-state index contributed by atoms with van der Waals surface area (Å²) in [5, 5.41) is 2.59. The molecule has 0 aliphatic carbocycles. The first-order chi connectivity index (χ1) is 9.04. The lowest BCUT2D eigenvalue weighted by molar-refractivity contribution is -0.115. The number of carbonyl (C=O) groups excluding carboxylic acids is 1. The number of aromatic amines is 1. The van der Waals surface area contributed by atoms with Crippen molar-refractivity contribution in [2.75, 3.05) is 5.32 Å². The molecule has 0 aliphatic rings. The van der Waals surface area contributed by atoms with E-state index in [4.69, 9.17) is 0 Å². The van der Waals surface area contributed by atoms with E-state index in [1.807, 2.05) is 24.3 Å². The molecule has 1 heterocycles. The average molecular weight is 386 g/mol. The van der Waals surface area contributed by atoms with E-state index in [0.29, 0.717) is 4.47 Å². The minimum atomic E-state index is -0.327. The second-order valence-corrected chi connectivity index (χ2v) is 5.74. The van der Waals surface area contributed by atoms with Gasteiger partial charge in [0.05, 0.1) is 6.42 Å². The maximum absolute atomic E-state index is 11.8. The molecule has 19 heavy (non-hydrogen) atoms. The van der Waals surface area contributed by atoms with Crippen molar-refractivity contribution in [3.63, 3.8) is 0 Å². The number of anilines is 1. The summed E-state index contributed by atoms with van der Waals surface area (Å²) in [5.74, 6) is -0.231. The Labute approximate surface area is 126 Å². The molecule has 0 atom stereocenters. The number of hydrogen-bond acceptors (Lipinski definition) is 2. The number of amides is 1. The van der Waals surface area contributed by atoms with Crippen molar-refractivity contribution >= 4 is 43.5 Å². The fourth-order valence-corrected chi connectivity index (χ4v) is 2.14. The molecule has 0 radical (unpaired) electrons. The SMILES string of the molecule is O=C(Cc1ccc(Br)cc1)Nc1cc(Br)c[nH]c1=O. The van der Waals surface area contributed by atoms with Crippen LogP contribution in [0, 0.1) is 0 Å². The third kappa shape index (κ3) is 4.04. The van der Waals surface area contributed by atoms with Crippen molar-refractivity contribution in [2.24, 2.45) is 0 Å². The number of nitrogens with one attached hydrogen (secondary N) is 2. The lowest BCUT2D eigenvalue weighted by Gasteiger charge is -2.05. The Hall–Kier alpha value is -1.40. The number of rotatable bonds is 3. The van der Waals surface area contributed by atoms with Gasteiger partial charge in [-0.3, -0.25) is 9.59 Å². The van der Waals surface area contributed by atoms with Crippen molar-refractivity contribution in [1.29, 1.82) is 0 Å². The van der Waals surface area contributed by atoms with Crippen LogP contribution >= 0.6 is 31.9 Å². The van der Waals surface area contributed by atoms with Crippen LogP contribution in [0.1, 0.15) is 5.56 Å². The van der Waals surface area contributed by atoms with Gasteiger partial charge in [-0.05, 0) is 39.7 Å². The lowest BCUT2D eigenvalue weighted by Crippen LogP contribution is -2.20. The van der Waals surface area contributed by atoms with Crippen LogP contribution < -0.4 is 10.9 Å². The summed E-state index contributed by atoms with van der Waals surface area (Å²) in [6.07, 6.45) is 1.74. The molecule has 0 saturated carbocycles. The molecule has 0 fully saturated rings. The molecule has 0 aliphatic heterocycles. The Morgan fingerprint density at radius 1 is 1.16 bits per heavy atom. The number of halogens is 2. The van der Waals surface area contributed by atoms with Crippen LogP contribution in [0.15, 0.2) is 50.3 Å². The van der Waals surface area contributed by atoms with E-state index in [1.54, 1.807) is 6.07 Å². The van der Waals surface area contributed by atoms with Gasteiger partial charge in [0.1, 0.15) is 5.69 Å². The van der Waals surface area contributed by atoms with E-state index in [0.717, 1.165) is 10.0 Å². The summed E-state index contributed by atoms with van der Waals surface area (Å²) in [4.78, 5) is 25.9. The zero-order valence-corrected chi connectivity index (χ0v) is 12.9. The molecule has 2 N–H and O–H groups in total. The Balaban J connectivity index is 2.07. The number of aromatic nitrogens is 1. The Kier molecular flexibility index (Phi) is 4.55. The second-order valence-electron chi connectivity index (χ2n) is 3.91. The number of pyridine rings is 1. The van der Waals surface area contributed by atoms with Crippen molar-refractivity contribution in [1.82, 2.24) is 4.98 Å². The van der Waals surface area contributed by atoms with Crippen LogP contribution in [0.4, 0.5) is 5.69 Å². The first-order valence-corrected chi connectivity index (χ1v) is 7.06. The molecule has 1 aromatic heterocycles. The molecule has 0 spiro atoms. The van der Waals surface area contributed by atoms with Crippen molar-refractivity contribution < 1.29 is 4.79 Å². The maximum Gasteiger partial charge on any atom is 0.271 e. The molecular formula is C13H10Br2N2O2. The molecule has 1 aromatic carbocycles. The summed E-state index contributed by atoms with van der Waals surface area (Å²) in [5.41, 5.74) is 0.788. The predicted octanol–water partition coefficient (Wildman–Crippen LogP) is 3.08. The van der Waals surface area contributed by atoms with Gasteiger partial charge < -0.3 is 10.3 Å². The van der Waals surface area contributed by atoms with Crippen molar-refractivity contribution in [3.8, 4) is 0 Å². The minimum Gasteiger partial charge on any atom is -0.326 e. The summed E-state index contributed by atoms with van der Waals surface area (Å²) in [6.45, 7) is 0. The van der Waals surface area contributed by atoms with E-state index in [-0.39, 0.29) is 23.6 Å².